The van der Waals surface area contributed by atoms with Crippen LogP contribution in [0, 0.1) is 11.3 Å². The van der Waals surface area contributed by atoms with Gasteiger partial charge in [-0.15, -0.1) is 0 Å². The fourth-order valence-electron chi connectivity index (χ4n) is 7.53. The Morgan fingerprint density at radius 2 is 1.52 bits per heavy atom. The zero-order chi connectivity index (χ0) is 30.7. The number of carbonyl (C=O) groups is 1. The molecule has 0 spiro atoms. The molecule has 240 valence electrons. The summed E-state index contributed by atoms with van der Waals surface area (Å²) in [6.45, 7) is 14.3. The number of anilines is 1. The second kappa shape index (κ2) is 13.9. The van der Waals surface area contributed by atoms with Gasteiger partial charge in [-0.25, -0.2) is 0 Å². The first kappa shape index (κ1) is 31.5. The lowest BCUT2D eigenvalue weighted by Crippen LogP contribution is -2.43. The van der Waals surface area contributed by atoms with Crippen LogP contribution in [-0.4, -0.2) is 75.4 Å². The highest BCUT2D eigenvalue weighted by Crippen LogP contribution is 2.45. The van der Waals surface area contributed by atoms with Gasteiger partial charge in [-0.3, -0.25) is 4.79 Å². The van der Waals surface area contributed by atoms with E-state index in [1.807, 2.05) is 17.0 Å². The zero-order valence-corrected chi connectivity index (χ0v) is 27.6. The summed E-state index contributed by atoms with van der Waals surface area (Å²) in [6.07, 6.45) is 7.61. The van der Waals surface area contributed by atoms with Crippen LogP contribution in [-0.2, 0) is 0 Å². The van der Waals surface area contributed by atoms with E-state index >= 15 is 0 Å². The van der Waals surface area contributed by atoms with E-state index in [-0.39, 0.29) is 18.1 Å². The Balaban J connectivity index is 1.10. The Kier molecular flexibility index (Phi) is 9.94. The Bertz CT molecular complexity index is 1270. The van der Waals surface area contributed by atoms with E-state index in [1.165, 1.54) is 18.4 Å². The molecule has 4 fully saturated rings. The molecule has 3 heterocycles. The van der Waals surface area contributed by atoms with Gasteiger partial charge in [0.1, 0.15) is 23.7 Å². The van der Waals surface area contributed by atoms with Crippen LogP contribution >= 0.6 is 11.6 Å². The summed E-state index contributed by atoms with van der Waals surface area (Å²) in [4.78, 5) is 18.2. The van der Waals surface area contributed by atoms with Gasteiger partial charge in [-0.05, 0) is 91.8 Å². The average Bonchev–Trinajstić information content (AvgIpc) is 3.56. The molecule has 44 heavy (non-hydrogen) atoms. The fraction of sp³-hybridized carbons (Fsp3) is 0.639. The number of ether oxygens (including phenoxy) is 2. The van der Waals surface area contributed by atoms with Gasteiger partial charge in [0.05, 0.1) is 5.02 Å². The Hall–Kier alpha value is -2.48. The summed E-state index contributed by atoms with van der Waals surface area (Å²) in [5, 5.41) is 7.46. The molecule has 0 aromatic heterocycles. The van der Waals surface area contributed by atoms with Crippen LogP contribution in [0.4, 0.5) is 5.69 Å². The molecule has 2 N–H and O–H groups in total. The number of amides is 1. The molecule has 2 aromatic rings. The molecule has 1 aliphatic carbocycles. The molecular weight excluding hydrogens is 572 g/mol. The first-order chi connectivity index (χ1) is 21.2. The largest absolute Gasteiger partial charge is 0.489 e. The first-order valence-electron chi connectivity index (χ1n) is 17.0. The monoisotopic (exact) mass is 622 g/mol. The highest BCUT2D eigenvalue weighted by Gasteiger charge is 2.33. The van der Waals surface area contributed by atoms with Crippen molar-refractivity contribution in [3.05, 3.63) is 52.5 Å². The summed E-state index contributed by atoms with van der Waals surface area (Å²) >= 11 is 6.55. The van der Waals surface area contributed by atoms with E-state index in [1.54, 1.807) is 0 Å². The summed E-state index contributed by atoms with van der Waals surface area (Å²) in [5.41, 5.74) is 3.50. The predicted octanol–water partition coefficient (Wildman–Crippen LogP) is 6.49. The standard InChI is InChI=1S/C36H51ClN4O3/c1-36(2,3)27-7-4-25(5-8-27)31-22-26(6-11-33(31)44-30-12-15-39-24-30)35(42)41-18-13-29(14-19-41)43-34-23-28(9-10-32(34)37)40-20-16-38-17-21-40/h6,9-11,22-23,25,27,29-30,38-39H,4-5,7-8,12-21,24H2,1-3H3/t25?,27?,30-/m0/s1. The maximum atomic E-state index is 13.8. The molecule has 6 rings (SSSR count). The molecule has 3 saturated heterocycles. The molecule has 1 saturated carbocycles. The van der Waals surface area contributed by atoms with E-state index in [2.05, 4.69) is 60.6 Å². The number of halogens is 1. The maximum Gasteiger partial charge on any atom is 0.253 e. The van der Waals surface area contributed by atoms with E-state index in [9.17, 15) is 4.79 Å². The number of likely N-dealkylation sites (tertiary alicyclic amines) is 1. The minimum absolute atomic E-state index is 0.0409. The summed E-state index contributed by atoms with van der Waals surface area (Å²) in [5.74, 6) is 3.01. The van der Waals surface area contributed by atoms with Crippen molar-refractivity contribution in [3.8, 4) is 11.5 Å². The van der Waals surface area contributed by atoms with Gasteiger partial charge < -0.3 is 29.9 Å². The molecule has 2 aromatic carbocycles. The average molecular weight is 623 g/mol. The van der Waals surface area contributed by atoms with Crippen molar-refractivity contribution in [1.82, 2.24) is 15.5 Å². The lowest BCUT2D eigenvalue weighted by molar-refractivity contribution is 0.0595. The maximum absolute atomic E-state index is 13.8. The molecule has 7 nitrogen and oxygen atoms in total. The molecule has 3 aliphatic heterocycles. The van der Waals surface area contributed by atoms with Crippen molar-refractivity contribution in [2.75, 3.05) is 57.3 Å². The second-order valence-electron chi connectivity index (χ2n) is 14.4. The summed E-state index contributed by atoms with van der Waals surface area (Å²) in [7, 11) is 0. The number of rotatable bonds is 7. The second-order valence-corrected chi connectivity index (χ2v) is 14.8. The zero-order valence-electron chi connectivity index (χ0n) is 26.9. The molecule has 0 bridgehead atoms. The lowest BCUT2D eigenvalue weighted by atomic mass is 9.68. The van der Waals surface area contributed by atoms with Gasteiger partial charge in [0.2, 0.25) is 0 Å². The van der Waals surface area contributed by atoms with Crippen LogP contribution in [0.1, 0.15) is 87.6 Å². The summed E-state index contributed by atoms with van der Waals surface area (Å²) in [6, 6.07) is 12.3. The van der Waals surface area contributed by atoms with E-state index in [4.69, 9.17) is 21.1 Å². The van der Waals surface area contributed by atoms with Crippen LogP contribution in [0.3, 0.4) is 0 Å². The Labute approximate surface area is 269 Å². The molecule has 4 aliphatic rings. The molecule has 8 heteroatoms. The minimum Gasteiger partial charge on any atom is -0.489 e. The number of piperazine rings is 1. The third-order valence-electron chi connectivity index (χ3n) is 10.4. The smallest absolute Gasteiger partial charge is 0.253 e. The van der Waals surface area contributed by atoms with Crippen molar-refractivity contribution in [1.29, 1.82) is 0 Å². The first-order valence-corrected chi connectivity index (χ1v) is 17.3. The SMILES string of the molecule is CC(C)(C)C1CCC(c2cc(C(=O)N3CCC(Oc4cc(N5CCNCC5)ccc4Cl)CC3)ccc2O[C@H]2CCNC2)CC1. The molecular formula is C36H51ClN4O3. The number of nitrogens with one attached hydrogen (secondary N) is 2. The lowest BCUT2D eigenvalue weighted by Gasteiger charge is -2.37. The van der Waals surface area contributed by atoms with Gasteiger partial charge in [0.25, 0.3) is 5.91 Å². The third kappa shape index (κ3) is 7.48. The normalized spacial score (nSPS) is 25.2. The Morgan fingerprint density at radius 3 is 2.20 bits per heavy atom. The van der Waals surface area contributed by atoms with Crippen molar-refractivity contribution in [2.24, 2.45) is 11.3 Å². The van der Waals surface area contributed by atoms with Gasteiger partial charge in [0, 0.05) is 76.0 Å². The highest BCUT2D eigenvalue weighted by atomic mass is 35.5. The van der Waals surface area contributed by atoms with E-state index in [0.717, 1.165) is 100 Å². The highest BCUT2D eigenvalue weighted by molar-refractivity contribution is 6.32. The molecule has 0 radical (unpaired) electrons. The number of carbonyl (C=O) groups excluding carboxylic acids is 1. The van der Waals surface area contributed by atoms with Crippen LogP contribution in [0.5, 0.6) is 11.5 Å². The van der Waals surface area contributed by atoms with Gasteiger partial charge >= 0.3 is 0 Å². The summed E-state index contributed by atoms with van der Waals surface area (Å²) < 4.78 is 13.0. The van der Waals surface area contributed by atoms with Crippen molar-refractivity contribution >= 4 is 23.2 Å². The van der Waals surface area contributed by atoms with Crippen molar-refractivity contribution in [3.63, 3.8) is 0 Å². The van der Waals surface area contributed by atoms with Gasteiger partial charge in [0.15, 0.2) is 0 Å². The van der Waals surface area contributed by atoms with E-state index in [0.29, 0.717) is 29.4 Å². The molecule has 0 unspecified atom stereocenters. The van der Waals surface area contributed by atoms with E-state index < -0.39 is 0 Å². The molecule has 1 atom stereocenters. The van der Waals surface area contributed by atoms with Crippen LogP contribution in [0.15, 0.2) is 36.4 Å². The predicted molar refractivity (Wildman–Crippen MR) is 179 cm³/mol. The number of piperidine rings is 1. The number of hydrogen-bond acceptors (Lipinski definition) is 6. The van der Waals surface area contributed by atoms with Crippen molar-refractivity contribution in [2.45, 2.75) is 83.8 Å². The van der Waals surface area contributed by atoms with Crippen LogP contribution in [0.2, 0.25) is 5.02 Å². The number of nitrogens with zero attached hydrogens (tertiary/aromatic N) is 2. The Morgan fingerprint density at radius 1 is 0.795 bits per heavy atom. The topological polar surface area (TPSA) is 66.1 Å². The number of benzene rings is 2. The minimum atomic E-state index is 0.0409. The van der Waals surface area contributed by atoms with Crippen LogP contribution in [0.25, 0.3) is 0 Å². The fourth-order valence-corrected chi connectivity index (χ4v) is 7.69. The van der Waals surface area contributed by atoms with Gasteiger partial charge in [-0.1, -0.05) is 32.4 Å². The van der Waals surface area contributed by atoms with Gasteiger partial charge in [-0.2, -0.15) is 0 Å². The number of hydrogen-bond donors (Lipinski definition) is 2. The molecule has 1 amide bonds. The van der Waals surface area contributed by atoms with Crippen LogP contribution < -0.4 is 25.0 Å². The quantitative estimate of drug-likeness (QED) is 0.368. The van der Waals surface area contributed by atoms with Crippen molar-refractivity contribution < 1.29 is 14.3 Å². The third-order valence-corrected chi connectivity index (χ3v) is 10.7.